The molecular weight excluding hydrogens is 296 g/mol. The lowest BCUT2D eigenvalue weighted by Gasteiger charge is -2.09. The van der Waals surface area contributed by atoms with Crippen LogP contribution in [0.15, 0.2) is 4.79 Å². The van der Waals surface area contributed by atoms with Crippen molar-refractivity contribution >= 4 is 21.6 Å². The average molecular weight is 320 g/mol. The van der Waals surface area contributed by atoms with Crippen LogP contribution in [0.3, 0.4) is 0 Å². The van der Waals surface area contributed by atoms with E-state index in [0.29, 0.717) is 6.54 Å². The molecule has 0 saturated heterocycles. The van der Waals surface area contributed by atoms with E-state index in [-0.39, 0.29) is 5.56 Å². The highest BCUT2D eigenvalue weighted by Gasteiger charge is 2.18. The fraction of sp³-hybridized carbons (Fsp3) is 0.625. The van der Waals surface area contributed by atoms with Gasteiger partial charge in [0.25, 0.3) is 5.56 Å². The van der Waals surface area contributed by atoms with Crippen molar-refractivity contribution in [2.45, 2.75) is 38.6 Å². The third-order valence-electron chi connectivity index (χ3n) is 4.15. The van der Waals surface area contributed by atoms with Crippen molar-refractivity contribution in [1.29, 1.82) is 0 Å². The zero-order valence-corrected chi connectivity index (χ0v) is 14.2. The summed E-state index contributed by atoms with van der Waals surface area (Å²) in [6.45, 7) is 2.47. The van der Waals surface area contributed by atoms with E-state index >= 15 is 0 Å². The molecule has 2 N–H and O–H groups in total. The van der Waals surface area contributed by atoms with Crippen molar-refractivity contribution in [2.24, 2.45) is 0 Å². The van der Waals surface area contributed by atoms with Gasteiger partial charge in [0.15, 0.2) is 0 Å². The first-order chi connectivity index (χ1) is 10.6. The highest BCUT2D eigenvalue weighted by molar-refractivity contribution is 7.18. The molecule has 120 valence electrons. The molecule has 1 aliphatic carbocycles. The Balaban J connectivity index is 1.82. The molecule has 0 amide bonds. The number of aromatic nitrogens is 2. The largest absolute Gasteiger partial charge is 0.309 e. The van der Waals surface area contributed by atoms with Gasteiger partial charge in [-0.1, -0.05) is 6.42 Å². The molecule has 0 radical (unpaired) electrons. The maximum absolute atomic E-state index is 12.5. The van der Waals surface area contributed by atoms with Gasteiger partial charge in [-0.25, -0.2) is 4.98 Å². The minimum atomic E-state index is 0.0359. The third-order valence-corrected chi connectivity index (χ3v) is 5.34. The molecule has 3 rings (SSSR count). The maximum Gasteiger partial charge on any atom is 0.259 e. The topological polar surface area (TPSA) is 61.0 Å². The Bertz CT molecular complexity index is 704. The fourth-order valence-corrected chi connectivity index (χ4v) is 4.26. The molecule has 2 aromatic heterocycles. The smallest absolute Gasteiger partial charge is 0.259 e. The van der Waals surface area contributed by atoms with Crippen LogP contribution in [-0.2, 0) is 19.4 Å². The highest BCUT2D eigenvalue weighted by Crippen LogP contribution is 2.32. The lowest BCUT2D eigenvalue weighted by atomic mass is 10.1. The van der Waals surface area contributed by atoms with E-state index < -0.39 is 0 Å². The van der Waals surface area contributed by atoms with Crippen LogP contribution in [0.2, 0.25) is 0 Å². The molecule has 2 heterocycles. The highest BCUT2D eigenvalue weighted by atomic mass is 32.1. The second-order valence-corrected chi connectivity index (χ2v) is 7.32. The van der Waals surface area contributed by atoms with Crippen LogP contribution in [0, 0.1) is 0 Å². The molecule has 1 aliphatic rings. The first kappa shape index (κ1) is 15.6. The molecule has 0 spiro atoms. The summed E-state index contributed by atoms with van der Waals surface area (Å²) in [7, 11) is 4.10. The second kappa shape index (κ2) is 6.89. The van der Waals surface area contributed by atoms with Crippen molar-refractivity contribution in [3.05, 3.63) is 26.6 Å². The Morgan fingerprint density at radius 2 is 2.09 bits per heavy atom. The van der Waals surface area contributed by atoms with E-state index in [1.807, 2.05) is 14.1 Å². The number of fused-ring (bicyclic) bond motifs is 3. The first-order valence-corrected chi connectivity index (χ1v) is 8.85. The van der Waals surface area contributed by atoms with Crippen molar-refractivity contribution in [2.75, 3.05) is 27.2 Å². The molecule has 0 atom stereocenters. The van der Waals surface area contributed by atoms with Gasteiger partial charge in [0.05, 0.1) is 11.9 Å². The normalized spacial score (nSPS) is 15.2. The van der Waals surface area contributed by atoms with E-state index in [2.05, 4.69) is 20.2 Å². The molecule has 0 unspecified atom stereocenters. The molecule has 0 saturated carbocycles. The van der Waals surface area contributed by atoms with E-state index in [0.717, 1.165) is 42.0 Å². The number of H-pyrrole nitrogens is 1. The molecule has 0 aromatic carbocycles. The van der Waals surface area contributed by atoms with Crippen LogP contribution >= 0.6 is 11.3 Å². The summed E-state index contributed by atoms with van der Waals surface area (Å²) in [5.41, 5.74) is 1.30. The van der Waals surface area contributed by atoms with Crippen LogP contribution in [-0.4, -0.2) is 42.1 Å². The Labute approximate surface area is 134 Å². The number of nitrogens with zero attached hydrogens (tertiary/aromatic N) is 2. The predicted molar refractivity (Wildman–Crippen MR) is 91.8 cm³/mol. The average Bonchev–Trinajstić information content (AvgIpc) is 2.66. The number of likely N-dealkylation sites (N-methyl/N-ethyl adjacent to an activating group) is 1. The van der Waals surface area contributed by atoms with Gasteiger partial charge in [0.2, 0.25) is 0 Å². The van der Waals surface area contributed by atoms with Crippen LogP contribution in [0.25, 0.3) is 10.2 Å². The van der Waals surface area contributed by atoms with Gasteiger partial charge in [0.1, 0.15) is 10.7 Å². The van der Waals surface area contributed by atoms with Crippen LogP contribution < -0.4 is 10.9 Å². The second-order valence-electron chi connectivity index (χ2n) is 6.24. The molecule has 0 fully saturated rings. The predicted octanol–water partition coefficient (Wildman–Crippen LogP) is 1.90. The van der Waals surface area contributed by atoms with Crippen LogP contribution in [0.1, 0.15) is 35.5 Å². The summed E-state index contributed by atoms with van der Waals surface area (Å²) in [5.74, 6) is 0.743. The molecule has 2 aromatic rings. The number of hydrogen-bond acceptors (Lipinski definition) is 5. The van der Waals surface area contributed by atoms with Gasteiger partial charge in [-0.3, -0.25) is 4.79 Å². The quantitative estimate of drug-likeness (QED) is 0.652. The van der Waals surface area contributed by atoms with E-state index in [1.54, 1.807) is 11.3 Å². The summed E-state index contributed by atoms with van der Waals surface area (Å²) in [5, 5.41) is 4.17. The molecular formula is C16H24N4OS. The summed E-state index contributed by atoms with van der Waals surface area (Å²) >= 11 is 1.72. The number of aromatic amines is 1. The number of rotatable bonds is 5. The third kappa shape index (κ3) is 3.39. The number of nitrogens with one attached hydrogen (secondary N) is 2. The number of hydrogen-bond donors (Lipinski definition) is 2. The van der Waals surface area contributed by atoms with E-state index in [4.69, 9.17) is 0 Å². The molecule has 6 heteroatoms. The molecule has 0 bridgehead atoms. The fourth-order valence-electron chi connectivity index (χ4n) is 2.98. The van der Waals surface area contributed by atoms with Gasteiger partial charge in [-0.05, 0) is 45.3 Å². The Kier molecular flexibility index (Phi) is 4.90. The van der Waals surface area contributed by atoms with Crippen molar-refractivity contribution in [1.82, 2.24) is 20.2 Å². The zero-order valence-electron chi connectivity index (χ0n) is 13.4. The minimum absolute atomic E-state index is 0.0359. The number of thiophene rings is 1. The molecule has 5 nitrogen and oxygen atoms in total. The van der Waals surface area contributed by atoms with Crippen LogP contribution in [0.5, 0.6) is 0 Å². The lowest BCUT2D eigenvalue weighted by molar-refractivity contribution is 0.399. The van der Waals surface area contributed by atoms with Gasteiger partial charge < -0.3 is 15.2 Å². The van der Waals surface area contributed by atoms with Crippen molar-refractivity contribution < 1.29 is 0 Å². The van der Waals surface area contributed by atoms with Gasteiger partial charge >= 0.3 is 0 Å². The monoisotopic (exact) mass is 320 g/mol. The minimum Gasteiger partial charge on any atom is -0.309 e. The van der Waals surface area contributed by atoms with Gasteiger partial charge in [-0.15, -0.1) is 11.3 Å². The first-order valence-electron chi connectivity index (χ1n) is 8.04. The van der Waals surface area contributed by atoms with Gasteiger partial charge in [0, 0.05) is 18.0 Å². The number of aryl methyl sites for hydroxylation is 2. The summed E-state index contributed by atoms with van der Waals surface area (Å²) in [6, 6.07) is 0. The van der Waals surface area contributed by atoms with E-state index in [1.165, 1.54) is 29.7 Å². The SMILES string of the molecule is CN(C)CCNCc1nc2sc3c(c2c(=O)[nH]1)CCCCC3. The summed E-state index contributed by atoms with van der Waals surface area (Å²) < 4.78 is 0. The Morgan fingerprint density at radius 1 is 1.27 bits per heavy atom. The zero-order chi connectivity index (χ0) is 15.5. The van der Waals surface area contributed by atoms with Crippen molar-refractivity contribution in [3.8, 4) is 0 Å². The van der Waals surface area contributed by atoms with Crippen LogP contribution in [0.4, 0.5) is 0 Å². The standard InChI is InChI=1S/C16H24N4OS/c1-20(2)9-8-17-10-13-18-15(21)14-11-6-4-3-5-7-12(11)22-16(14)19-13/h17H,3-10H2,1-2H3,(H,18,19,21). The Morgan fingerprint density at radius 3 is 2.91 bits per heavy atom. The van der Waals surface area contributed by atoms with Crippen molar-refractivity contribution in [3.63, 3.8) is 0 Å². The lowest BCUT2D eigenvalue weighted by Crippen LogP contribution is -2.27. The molecule has 22 heavy (non-hydrogen) atoms. The summed E-state index contributed by atoms with van der Waals surface area (Å²) in [4.78, 5) is 24.5. The maximum atomic E-state index is 12.5. The van der Waals surface area contributed by atoms with E-state index in [9.17, 15) is 4.79 Å². The van der Waals surface area contributed by atoms with Gasteiger partial charge in [-0.2, -0.15) is 0 Å². The molecule has 0 aliphatic heterocycles. The summed E-state index contributed by atoms with van der Waals surface area (Å²) in [6.07, 6.45) is 5.82. The Hall–Kier alpha value is -1.24.